The number of nitrogens with zero attached hydrogens (tertiary/aromatic N) is 1. The summed E-state index contributed by atoms with van der Waals surface area (Å²) in [6, 6.07) is 49.9. The molecule has 1 aliphatic heterocycles. The number of hydrogen-bond acceptors (Lipinski definition) is 3. The number of hydrogen-bond donors (Lipinski definition) is 1. The van der Waals surface area contributed by atoms with Crippen LogP contribution in [0.25, 0.3) is 93.6 Å². The summed E-state index contributed by atoms with van der Waals surface area (Å²) in [6.07, 6.45) is 0. The minimum absolute atomic E-state index is 0.0466. The summed E-state index contributed by atoms with van der Waals surface area (Å²) in [5.74, 6) is 0. The molecule has 316 valence electrons. The average Bonchev–Trinajstić information content (AvgIpc) is 3.99. The van der Waals surface area contributed by atoms with Gasteiger partial charge in [-0.25, -0.2) is 0 Å². The quantitative estimate of drug-likeness (QED) is 0.180. The minimum atomic E-state index is -0.199. The summed E-state index contributed by atoms with van der Waals surface area (Å²) in [5, 5.41) is 11.1. The number of fused-ring (bicyclic) bond motifs is 14. The van der Waals surface area contributed by atoms with E-state index < -0.39 is 0 Å². The van der Waals surface area contributed by atoms with Crippen molar-refractivity contribution < 1.29 is 8.83 Å². The molecule has 2 aliphatic rings. The molecule has 0 radical (unpaired) electrons. The highest BCUT2D eigenvalue weighted by Crippen LogP contribution is 2.53. The molecule has 65 heavy (non-hydrogen) atoms. The minimum Gasteiger partial charge on any atom is -0.456 e. The summed E-state index contributed by atoms with van der Waals surface area (Å²) < 4.78 is 15.7. The lowest BCUT2D eigenvalue weighted by Crippen LogP contribution is -2.37. The van der Waals surface area contributed by atoms with Crippen molar-refractivity contribution >= 4 is 95.3 Å². The Morgan fingerprint density at radius 1 is 0.538 bits per heavy atom. The Morgan fingerprint density at radius 3 is 1.86 bits per heavy atom. The number of aromatic nitrogens is 1. The lowest BCUT2D eigenvalue weighted by molar-refractivity contribution is 0.584. The highest BCUT2D eigenvalue weighted by molar-refractivity contribution is 6.74. The van der Waals surface area contributed by atoms with Crippen molar-refractivity contribution in [1.29, 1.82) is 0 Å². The van der Waals surface area contributed by atoms with E-state index in [-0.39, 0.29) is 16.2 Å². The fraction of sp³-hybridized carbons (Fsp3) is 0.200. The van der Waals surface area contributed by atoms with E-state index in [4.69, 9.17) is 8.83 Å². The maximum Gasteiger partial charge on any atom is 0.198 e. The van der Waals surface area contributed by atoms with Crippen LogP contribution in [-0.4, -0.2) is 11.8 Å². The third-order valence-corrected chi connectivity index (χ3v) is 15.0. The Bertz CT molecular complexity index is 3880. The summed E-state index contributed by atoms with van der Waals surface area (Å²) in [6.45, 7) is 20.9. The number of para-hydroxylation sites is 2. The molecular formula is C60H51BN2O2. The highest BCUT2D eigenvalue weighted by atomic mass is 16.3. The lowest BCUT2D eigenvalue weighted by atomic mass is 9.58. The van der Waals surface area contributed by atoms with Gasteiger partial charge in [0.05, 0.1) is 5.52 Å². The van der Waals surface area contributed by atoms with Gasteiger partial charge in [0.15, 0.2) is 7.28 Å². The van der Waals surface area contributed by atoms with Crippen LogP contribution in [0.1, 0.15) is 83.2 Å². The molecule has 0 saturated carbocycles. The van der Waals surface area contributed by atoms with Crippen LogP contribution >= 0.6 is 0 Å². The molecule has 0 bridgehead atoms. The van der Waals surface area contributed by atoms with Crippen LogP contribution in [0.3, 0.4) is 0 Å². The first kappa shape index (κ1) is 38.5. The van der Waals surface area contributed by atoms with Crippen LogP contribution in [0.2, 0.25) is 0 Å². The summed E-state index contributed by atoms with van der Waals surface area (Å²) >= 11 is 0. The van der Waals surface area contributed by atoms with Crippen molar-refractivity contribution in [2.24, 2.45) is 0 Å². The van der Waals surface area contributed by atoms with Gasteiger partial charge in [-0.05, 0) is 122 Å². The Hall–Kier alpha value is -6.98. The van der Waals surface area contributed by atoms with Gasteiger partial charge in [0.25, 0.3) is 0 Å². The van der Waals surface area contributed by atoms with Gasteiger partial charge in [0.2, 0.25) is 0 Å². The molecule has 1 N–H and O–H groups in total. The van der Waals surface area contributed by atoms with Crippen LogP contribution in [-0.2, 0) is 16.2 Å². The van der Waals surface area contributed by atoms with Crippen LogP contribution in [0.4, 0.5) is 11.4 Å². The van der Waals surface area contributed by atoms with Crippen molar-refractivity contribution in [3.05, 3.63) is 161 Å². The molecule has 0 amide bonds. The Morgan fingerprint density at radius 2 is 1.17 bits per heavy atom. The first-order valence-corrected chi connectivity index (χ1v) is 23.2. The molecule has 0 fully saturated rings. The summed E-state index contributed by atoms with van der Waals surface area (Å²) in [7, 11) is 0.763. The zero-order chi connectivity index (χ0) is 44.5. The van der Waals surface area contributed by atoms with Gasteiger partial charge >= 0.3 is 0 Å². The predicted octanol–water partition coefficient (Wildman–Crippen LogP) is 14.9. The largest absolute Gasteiger partial charge is 0.456 e. The molecule has 5 heteroatoms. The smallest absolute Gasteiger partial charge is 0.198 e. The maximum atomic E-state index is 6.61. The Balaban J connectivity index is 1.11. The standard InChI is InChI=1S/C60H51BN2O2/c1-32-24-43(40-27-46-39(28-48(40)62-35-21-18-33(19-22-35)58(2,3)4)36-23-20-34(59(5,6)7)25-45(36)60(46,8)9)56-57-55(32)44-26-41-37-14-10-12-16-51(37)65-54(41)31-49(44)63(57)50-29-42-38-15-11-13-17-52(38)64-53(42)30-47(50)61-56/h10-31,61-62H,1-9H3. The van der Waals surface area contributed by atoms with Gasteiger partial charge in [-0.2, -0.15) is 0 Å². The van der Waals surface area contributed by atoms with E-state index >= 15 is 0 Å². The van der Waals surface area contributed by atoms with Crippen LogP contribution in [0, 0.1) is 6.92 Å². The van der Waals surface area contributed by atoms with Crippen molar-refractivity contribution in [2.75, 3.05) is 5.32 Å². The van der Waals surface area contributed by atoms with Gasteiger partial charge in [-0.3, -0.25) is 0 Å². The molecular weight excluding hydrogens is 791 g/mol. The number of anilines is 2. The fourth-order valence-electron chi connectivity index (χ4n) is 11.5. The Labute approximate surface area is 380 Å². The molecule has 13 rings (SSSR count). The van der Waals surface area contributed by atoms with Crippen molar-refractivity contribution in [3.8, 4) is 27.9 Å². The highest BCUT2D eigenvalue weighted by Gasteiger charge is 2.38. The van der Waals surface area contributed by atoms with Gasteiger partial charge < -0.3 is 18.7 Å². The number of aryl methyl sites for hydroxylation is 1. The average molecular weight is 843 g/mol. The molecule has 11 aromatic rings. The summed E-state index contributed by atoms with van der Waals surface area (Å²) in [4.78, 5) is 0. The van der Waals surface area contributed by atoms with Gasteiger partial charge in [-0.15, -0.1) is 0 Å². The molecule has 0 atom stereocenters. The fourth-order valence-corrected chi connectivity index (χ4v) is 11.5. The van der Waals surface area contributed by atoms with Crippen molar-refractivity contribution in [2.45, 2.75) is 78.6 Å². The third-order valence-electron chi connectivity index (χ3n) is 15.0. The Kier molecular flexibility index (Phi) is 7.61. The number of nitrogens with one attached hydrogen (secondary N) is 1. The second-order valence-electron chi connectivity index (χ2n) is 21.5. The van der Waals surface area contributed by atoms with E-state index in [0.717, 1.165) is 68.0 Å². The first-order chi connectivity index (χ1) is 31.1. The van der Waals surface area contributed by atoms with E-state index in [9.17, 15) is 0 Å². The molecule has 3 aromatic heterocycles. The van der Waals surface area contributed by atoms with Gasteiger partial charge in [-0.1, -0.05) is 134 Å². The molecule has 0 spiro atoms. The van der Waals surface area contributed by atoms with Crippen LogP contribution in [0.15, 0.2) is 142 Å². The van der Waals surface area contributed by atoms with Crippen LogP contribution in [0.5, 0.6) is 0 Å². The molecule has 4 heterocycles. The number of rotatable bonds is 3. The monoisotopic (exact) mass is 842 g/mol. The van der Waals surface area contributed by atoms with Crippen molar-refractivity contribution in [3.63, 3.8) is 0 Å². The number of benzene rings is 8. The van der Waals surface area contributed by atoms with Gasteiger partial charge in [0, 0.05) is 71.9 Å². The predicted molar refractivity (Wildman–Crippen MR) is 277 cm³/mol. The molecule has 0 saturated heterocycles. The van der Waals surface area contributed by atoms with E-state index in [2.05, 4.69) is 206 Å². The first-order valence-electron chi connectivity index (χ1n) is 23.2. The number of furan rings is 2. The van der Waals surface area contributed by atoms with E-state index in [1.807, 2.05) is 0 Å². The molecule has 8 aromatic carbocycles. The third kappa shape index (κ3) is 5.45. The second kappa shape index (κ2) is 12.8. The summed E-state index contributed by atoms with van der Waals surface area (Å²) in [5.41, 5.74) is 23.7. The molecule has 4 nitrogen and oxygen atoms in total. The zero-order valence-electron chi connectivity index (χ0n) is 38.7. The topological polar surface area (TPSA) is 43.2 Å². The normalized spacial score (nSPS) is 14.2. The molecule has 0 unspecified atom stereocenters. The van der Waals surface area contributed by atoms with Crippen LogP contribution < -0.4 is 16.2 Å². The molecule has 1 aliphatic carbocycles. The van der Waals surface area contributed by atoms with Crippen molar-refractivity contribution in [1.82, 2.24) is 4.57 Å². The maximum absolute atomic E-state index is 6.61. The zero-order valence-corrected chi connectivity index (χ0v) is 38.7. The lowest BCUT2D eigenvalue weighted by Gasteiger charge is -2.27. The van der Waals surface area contributed by atoms with Gasteiger partial charge in [0.1, 0.15) is 22.3 Å². The SMILES string of the molecule is Cc1cc(-c2cc3c(cc2Nc2ccc(C(C)(C)C)cc2)-c2ccc(C(C)(C)C)cc2C3(C)C)c2c3c1c1cc4c(cc1n3-c1cc3c(cc1B2)oc1ccccc13)oc1ccccc14. The second-order valence-corrected chi connectivity index (χ2v) is 21.5. The van der Waals surface area contributed by atoms with E-state index in [1.165, 1.54) is 83.0 Å². The van der Waals surface area contributed by atoms with E-state index in [1.54, 1.807) is 0 Å². The van der Waals surface area contributed by atoms with E-state index in [0.29, 0.717) is 0 Å².